The lowest BCUT2D eigenvalue weighted by Crippen LogP contribution is -2.41. The van der Waals surface area contributed by atoms with Gasteiger partial charge in [0, 0.05) is 20.4 Å². The second-order valence-electron chi connectivity index (χ2n) is 3.10. The van der Waals surface area contributed by atoms with Crippen LogP contribution in [0.3, 0.4) is 0 Å². The van der Waals surface area contributed by atoms with Crippen LogP contribution in [0.1, 0.15) is 12.7 Å². The van der Waals surface area contributed by atoms with Crippen LogP contribution in [0.2, 0.25) is 0 Å². The third-order valence-corrected chi connectivity index (χ3v) is 1.87. The van der Waals surface area contributed by atoms with Crippen LogP contribution in [0.4, 0.5) is 0 Å². The Morgan fingerprint density at radius 2 is 2.33 bits per heavy atom. The maximum absolute atomic E-state index is 10.8. The minimum Gasteiger partial charge on any atom is -0.480 e. The second kappa shape index (κ2) is 4.54. The predicted octanol–water partition coefficient (Wildman–Crippen LogP) is -1.05. The molecule has 0 aliphatic carbocycles. The Labute approximate surface area is 86.1 Å². The molecule has 0 saturated carbocycles. The number of rotatable bonds is 4. The molecule has 1 amide bonds. The van der Waals surface area contributed by atoms with E-state index in [0.29, 0.717) is 5.82 Å². The van der Waals surface area contributed by atoms with Gasteiger partial charge in [-0.1, -0.05) is 0 Å². The lowest BCUT2D eigenvalue weighted by atomic mass is 10.2. The Balaban J connectivity index is 2.71. The number of aromatic nitrogens is 3. The van der Waals surface area contributed by atoms with E-state index in [1.807, 2.05) is 0 Å². The van der Waals surface area contributed by atoms with Crippen LogP contribution in [0.15, 0.2) is 6.33 Å². The molecule has 7 heteroatoms. The van der Waals surface area contributed by atoms with Crippen LogP contribution < -0.4 is 5.32 Å². The summed E-state index contributed by atoms with van der Waals surface area (Å²) in [5.41, 5.74) is 0. The van der Waals surface area contributed by atoms with E-state index in [9.17, 15) is 9.59 Å². The summed E-state index contributed by atoms with van der Waals surface area (Å²) >= 11 is 0. The molecule has 82 valence electrons. The molecule has 0 bridgehead atoms. The zero-order valence-corrected chi connectivity index (χ0v) is 8.47. The van der Waals surface area contributed by atoms with Gasteiger partial charge in [0.2, 0.25) is 5.91 Å². The SMILES string of the molecule is CC(=O)NC(Cc1ncnn1C)C(=O)O. The molecule has 0 radical (unpaired) electrons. The fourth-order valence-corrected chi connectivity index (χ4v) is 1.13. The number of hydrogen-bond donors (Lipinski definition) is 2. The molecule has 0 fully saturated rings. The molecule has 1 heterocycles. The highest BCUT2D eigenvalue weighted by molar-refractivity contribution is 5.82. The zero-order valence-electron chi connectivity index (χ0n) is 8.47. The normalized spacial score (nSPS) is 12.1. The molecule has 7 nitrogen and oxygen atoms in total. The standard InChI is InChI=1S/C8H12N4O3/c1-5(13)11-6(8(14)15)3-7-9-4-10-12(7)2/h4,6H,3H2,1-2H3,(H,11,13)(H,14,15). The lowest BCUT2D eigenvalue weighted by Gasteiger charge is -2.11. The summed E-state index contributed by atoms with van der Waals surface area (Å²) in [4.78, 5) is 25.4. The lowest BCUT2D eigenvalue weighted by molar-refractivity contribution is -0.141. The van der Waals surface area contributed by atoms with Crippen molar-refractivity contribution in [2.24, 2.45) is 7.05 Å². The van der Waals surface area contributed by atoms with Crippen molar-refractivity contribution in [3.8, 4) is 0 Å². The molecule has 1 rings (SSSR count). The van der Waals surface area contributed by atoms with Crippen LogP contribution in [-0.2, 0) is 23.1 Å². The molecule has 1 aromatic heterocycles. The highest BCUT2D eigenvalue weighted by Gasteiger charge is 2.20. The van der Waals surface area contributed by atoms with Crippen molar-refractivity contribution in [2.75, 3.05) is 0 Å². The second-order valence-corrected chi connectivity index (χ2v) is 3.10. The van der Waals surface area contributed by atoms with E-state index in [4.69, 9.17) is 5.11 Å². The molecular weight excluding hydrogens is 200 g/mol. The summed E-state index contributed by atoms with van der Waals surface area (Å²) < 4.78 is 1.47. The molecule has 0 aromatic carbocycles. The Bertz CT molecular complexity index is 374. The van der Waals surface area contributed by atoms with Crippen LogP contribution in [0.25, 0.3) is 0 Å². The van der Waals surface area contributed by atoms with Crippen molar-refractivity contribution >= 4 is 11.9 Å². The van der Waals surface area contributed by atoms with Gasteiger partial charge in [-0.05, 0) is 0 Å². The molecular formula is C8H12N4O3. The van der Waals surface area contributed by atoms with E-state index < -0.39 is 12.0 Å². The Hall–Kier alpha value is -1.92. The first-order chi connectivity index (χ1) is 7.00. The van der Waals surface area contributed by atoms with Gasteiger partial charge < -0.3 is 10.4 Å². The van der Waals surface area contributed by atoms with E-state index in [1.165, 1.54) is 17.9 Å². The van der Waals surface area contributed by atoms with Crippen molar-refractivity contribution in [3.63, 3.8) is 0 Å². The molecule has 0 aliphatic heterocycles. The number of carboxylic acids is 1. The summed E-state index contributed by atoms with van der Waals surface area (Å²) in [6, 6.07) is -0.967. The number of nitrogens with one attached hydrogen (secondary N) is 1. The van der Waals surface area contributed by atoms with E-state index >= 15 is 0 Å². The average Bonchev–Trinajstić information content (AvgIpc) is 2.50. The number of nitrogens with zero attached hydrogens (tertiary/aromatic N) is 3. The van der Waals surface area contributed by atoms with Crippen LogP contribution in [0.5, 0.6) is 0 Å². The summed E-state index contributed by atoms with van der Waals surface area (Å²) in [5.74, 6) is -0.964. The van der Waals surface area contributed by atoms with E-state index in [1.54, 1.807) is 7.05 Å². The molecule has 0 aliphatic rings. The van der Waals surface area contributed by atoms with Crippen LogP contribution in [0, 0.1) is 0 Å². The third kappa shape index (κ3) is 3.04. The van der Waals surface area contributed by atoms with Crippen molar-refractivity contribution in [3.05, 3.63) is 12.2 Å². The predicted molar refractivity (Wildman–Crippen MR) is 49.9 cm³/mol. The molecule has 15 heavy (non-hydrogen) atoms. The number of carbonyl (C=O) groups is 2. The fourth-order valence-electron chi connectivity index (χ4n) is 1.13. The first-order valence-electron chi connectivity index (χ1n) is 4.33. The highest BCUT2D eigenvalue weighted by atomic mass is 16.4. The summed E-state index contributed by atoms with van der Waals surface area (Å²) in [5, 5.41) is 15.0. The van der Waals surface area contributed by atoms with Crippen molar-refractivity contribution < 1.29 is 14.7 Å². The number of aryl methyl sites for hydroxylation is 1. The van der Waals surface area contributed by atoms with Gasteiger partial charge >= 0.3 is 5.97 Å². The van der Waals surface area contributed by atoms with Gasteiger partial charge in [-0.15, -0.1) is 0 Å². The van der Waals surface area contributed by atoms with Gasteiger partial charge in [-0.2, -0.15) is 5.10 Å². The summed E-state index contributed by atoms with van der Waals surface area (Å²) in [7, 11) is 1.66. The summed E-state index contributed by atoms with van der Waals surface area (Å²) in [6.07, 6.45) is 1.45. The molecule has 1 unspecified atom stereocenters. The first-order valence-corrected chi connectivity index (χ1v) is 4.33. The Morgan fingerprint density at radius 3 is 2.73 bits per heavy atom. The van der Waals surface area contributed by atoms with Crippen LogP contribution in [-0.4, -0.2) is 37.8 Å². The molecule has 1 atom stereocenters. The monoisotopic (exact) mass is 212 g/mol. The largest absolute Gasteiger partial charge is 0.480 e. The number of carboxylic acid groups (broad SMARTS) is 1. The van der Waals surface area contributed by atoms with Crippen molar-refractivity contribution in [2.45, 2.75) is 19.4 Å². The quantitative estimate of drug-likeness (QED) is 0.663. The molecule has 1 aromatic rings. The number of amides is 1. The minimum absolute atomic E-state index is 0.116. The maximum Gasteiger partial charge on any atom is 0.326 e. The smallest absolute Gasteiger partial charge is 0.326 e. The van der Waals surface area contributed by atoms with Gasteiger partial charge in [0.05, 0.1) is 0 Å². The van der Waals surface area contributed by atoms with Crippen molar-refractivity contribution in [1.29, 1.82) is 0 Å². The number of carbonyl (C=O) groups excluding carboxylic acids is 1. The van der Waals surface area contributed by atoms with Gasteiger partial charge in [-0.3, -0.25) is 9.48 Å². The Kier molecular flexibility index (Phi) is 3.37. The molecule has 2 N–H and O–H groups in total. The highest BCUT2D eigenvalue weighted by Crippen LogP contribution is 1.98. The van der Waals surface area contributed by atoms with Gasteiger partial charge in [0.1, 0.15) is 18.2 Å². The van der Waals surface area contributed by atoms with Crippen molar-refractivity contribution in [1.82, 2.24) is 20.1 Å². The maximum atomic E-state index is 10.8. The van der Waals surface area contributed by atoms with E-state index in [-0.39, 0.29) is 12.3 Å². The average molecular weight is 212 g/mol. The summed E-state index contributed by atoms with van der Waals surface area (Å²) in [6.45, 7) is 1.27. The van der Waals surface area contributed by atoms with Crippen LogP contribution >= 0.6 is 0 Å². The molecule has 0 saturated heterocycles. The van der Waals surface area contributed by atoms with Gasteiger partial charge in [0.15, 0.2) is 0 Å². The van der Waals surface area contributed by atoms with E-state index in [0.717, 1.165) is 0 Å². The minimum atomic E-state index is -1.09. The van der Waals surface area contributed by atoms with Gasteiger partial charge in [0.25, 0.3) is 0 Å². The number of hydrogen-bond acceptors (Lipinski definition) is 4. The topological polar surface area (TPSA) is 97.1 Å². The van der Waals surface area contributed by atoms with E-state index in [2.05, 4.69) is 15.4 Å². The number of aliphatic carboxylic acids is 1. The fraction of sp³-hybridized carbons (Fsp3) is 0.500. The first kappa shape index (κ1) is 11.2. The molecule has 0 spiro atoms. The van der Waals surface area contributed by atoms with Gasteiger partial charge in [-0.25, -0.2) is 9.78 Å². The third-order valence-electron chi connectivity index (χ3n) is 1.87. The zero-order chi connectivity index (χ0) is 11.4. The Morgan fingerprint density at radius 1 is 1.67 bits per heavy atom.